The Labute approximate surface area is 110 Å². The average molecular weight is 255 g/mol. The van der Waals surface area contributed by atoms with E-state index >= 15 is 0 Å². The zero-order valence-corrected chi connectivity index (χ0v) is 11.5. The Hall–Kier alpha value is -1.29. The molecular formula is C14H25NO3. The monoisotopic (exact) mass is 255 g/mol. The highest BCUT2D eigenvalue weighted by Gasteiger charge is 2.28. The van der Waals surface area contributed by atoms with Gasteiger partial charge in [-0.1, -0.05) is 52.0 Å². The van der Waals surface area contributed by atoms with E-state index in [4.69, 9.17) is 10.5 Å². The summed E-state index contributed by atoms with van der Waals surface area (Å²) >= 11 is 0. The van der Waals surface area contributed by atoms with Gasteiger partial charge in [0.05, 0.1) is 6.10 Å². The van der Waals surface area contributed by atoms with E-state index in [0.29, 0.717) is 6.42 Å². The Kier molecular flexibility index (Phi) is 8.12. The van der Waals surface area contributed by atoms with Crippen molar-refractivity contribution in [1.82, 2.24) is 0 Å². The fourth-order valence-electron chi connectivity index (χ4n) is 1.81. The third-order valence-electron chi connectivity index (χ3n) is 3.26. The summed E-state index contributed by atoms with van der Waals surface area (Å²) < 4.78 is 5.07. The minimum atomic E-state index is -0.810. The van der Waals surface area contributed by atoms with Crippen molar-refractivity contribution in [1.29, 1.82) is 0 Å². The molecule has 0 aliphatic carbocycles. The van der Waals surface area contributed by atoms with E-state index in [1.54, 1.807) is 12.2 Å². The number of ether oxygens (including phenoxy) is 1. The molecule has 0 fully saturated rings. The second-order valence-electron chi connectivity index (χ2n) is 4.61. The molecule has 0 aromatic carbocycles. The van der Waals surface area contributed by atoms with Gasteiger partial charge in [-0.2, -0.15) is 0 Å². The zero-order valence-electron chi connectivity index (χ0n) is 11.5. The van der Waals surface area contributed by atoms with Crippen LogP contribution in [0.25, 0.3) is 0 Å². The molecule has 0 bridgehead atoms. The Bertz CT molecular complexity index is 289. The minimum absolute atomic E-state index is 0.155. The first-order valence-corrected chi connectivity index (χ1v) is 6.35. The highest BCUT2D eigenvalue weighted by Crippen LogP contribution is 2.23. The third-order valence-corrected chi connectivity index (χ3v) is 3.26. The zero-order chi connectivity index (χ0) is 14.1. The third kappa shape index (κ3) is 5.87. The second-order valence-corrected chi connectivity index (χ2v) is 4.61. The summed E-state index contributed by atoms with van der Waals surface area (Å²) in [6.45, 7) is 9.43. The number of hydrogen-bond acceptors (Lipinski definition) is 3. The van der Waals surface area contributed by atoms with E-state index in [1.807, 2.05) is 26.8 Å². The smallest absolute Gasteiger partial charge is 0.404 e. The van der Waals surface area contributed by atoms with Crippen molar-refractivity contribution in [3.05, 3.63) is 24.8 Å². The Morgan fingerprint density at radius 2 is 2.11 bits per heavy atom. The fraction of sp³-hybridized carbons (Fsp3) is 0.643. The molecule has 3 N–H and O–H groups in total. The Balaban J connectivity index is 4.65. The molecule has 18 heavy (non-hydrogen) atoms. The maximum Gasteiger partial charge on any atom is 0.404 e. The number of hydrogen-bond donors (Lipinski definition) is 2. The van der Waals surface area contributed by atoms with E-state index in [-0.39, 0.29) is 11.8 Å². The van der Waals surface area contributed by atoms with Gasteiger partial charge in [0.25, 0.3) is 0 Å². The van der Waals surface area contributed by atoms with Gasteiger partial charge in [-0.3, -0.25) is 0 Å². The number of allylic oxidation sites excluding steroid dienone is 2. The quantitative estimate of drug-likeness (QED) is 0.655. The molecule has 0 rings (SSSR count). The first-order chi connectivity index (χ1) is 8.43. The molecule has 4 atom stereocenters. The standard InChI is InChI=1S/C14H25NO3/c1-5-7-8-9-12(18-14(15)17)11(4)13(16)10(3)6-2/h5,7-8,10-13,16H,1,6,9H2,2-4H3,(H2,15,17)/b8-7-/t10-,11+,12-,13+/m0/s1. The van der Waals surface area contributed by atoms with Gasteiger partial charge in [-0.15, -0.1) is 0 Å². The number of nitrogens with two attached hydrogens (primary N) is 1. The molecule has 0 aliphatic heterocycles. The van der Waals surface area contributed by atoms with Gasteiger partial charge in [-0.25, -0.2) is 4.79 Å². The van der Waals surface area contributed by atoms with Crippen LogP contribution < -0.4 is 5.73 Å². The van der Waals surface area contributed by atoms with Gasteiger partial charge in [0.2, 0.25) is 0 Å². The normalized spacial score (nSPS) is 18.0. The number of rotatable bonds is 8. The molecule has 0 radical (unpaired) electrons. The van der Waals surface area contributed by atoms with E-state index in [2.05, 4.69) is 6.58 Å². The molecule has 0 aromatic rings. The molecule has 4 nitrogen and oxygen atoms in total. The van der Waals surface area contributed by atoms with Crippen LogP contribution in [0.4, 0.5) is 4.79 Å². The minimum Gasteiger partial charge on any atom is -0.446 e. The molecular weight excluding hydrogens is 230 g/mol. The predicted molar refractivity (Wildman–Crippen MR) is 73.0 cm³/mol. The lowest BCUT2D eigenvalue weighted by atomic mass is 9.86. The molecule has 0 spiro atoms. The Morgan fingerprint density at radius 1 is 1.50 bits per heavy atom. The number of amides is 1. The first-order valence-electron chi connectivity index (χ1n) is 6.35. The maximum absolute atomic E-state index is 10.9. The summed E-state index contributed by atoms with van der Waals surface area (Å²) in [7, 11) is 0. The van der Waals surface area contributed by atoms with Crippen molar-refractivity contribution in [2.45, 2.75) is 45.8 Å². The highest BCUT2D eigenvalue weighted by atomic mass is 16.6. The van der Waals surface area contributed by atoms with Gasteiger partial charge in [0.1, 0.15) is 6.10 Å². The lowest BCUT2D eigenvalue weighted by Gasteiger charge is -2.29. The highest BCUT2D eigenvalue weighted by molar-refractivity contribution is 5.64. The molecule has 1 amide bonds. The van der Waals surface area contributed by atoms with Crippen LogP contribution in [0, 0.1) is 11.8 Å². The van der Waals surface area contributed by atoms with Crippen LogP contribution in [-0.4, -0.2) is 23.4 Å². The van der Waals surface area contributed by atoms with Gasteiger partial charge in [-0.05, 0) is 5.92 Å². The van der Waals surface area contributed by atoms with Crippen LogP contribution in [0.3, 0.4) is 0 Å². The van der Waals surface area contributed by atoms with Crippen molar-refractivity contribution in [2.75, 3.05) is 0 Å². The number of aliphatic hydroxyl groups is 1. The number of aliphatic hydroxyl groups excluding tert-OH is 1. The molecule has 0 aliphatic rings. The summed E-state index contributed by atoms with van der Waals surface area (Å²) in [4.78, 5) is 10.9. The summed E-state index contributed by atoms with van der Waals surface area (Å²) in [5.41, 5.74) is 5.06. The summed E-state index contributed by atoms with van der Waals surface area (Å²) in [6.07, 6.45) is 4.92. The largest absolute Gasteiger partial charge is 0.446 e. The number of carbonyl (C=O) groups excluding carboxylic acids is 1. The van der Waals surface area contributed by atoms with Crippen LogP contribution in [0.1, 0.15) is 33.6 Å². The SMILES string of the molecule is C=C/C=C\C[C@H](OC(N)=O)[C@@H](C)[C@H](O)[C@@H](C)CC. The van der Waals surface area contributed by atoms with Crippen molar-refractivity contribution in [2.24, 2.45) is 17.6 Å². The van der Waals surface area contributed by atoms with E-state index < -0.39 is 18.3 Å². The maximum atomic E-state index is 10.9. The van der Waals surface area contributed by atoms with Gasteiger partial charge >= 0.3 is 6.09 Å². The molecule has 104 valence electrons. The first kappa shape index (κ1) is 16.7. The lowest BCUT2D eigenvalue weighted by molar-refractivity contribution is -0.0123. The number of primary amides is 1. The fourth-order valence-corrected chi connectivity index (χ4v) is 1.81. The van der Waals surface area contributed by atoms with Crippen LogP contribution in [-0.2, 0) is 4.74 Å². The van der Waals surface area contributed by atoms with E-state index in [1.165, 1.54) is 0 Å². The predicted octanol–water partition coefficient (Wildman–Crippen LogP) is 2.63. The summed E-state index contributed by atoms with van der Waals surface area (Å²) in [5, 5.41) is 10.1. The van der Waals surface area contributed by atoms with Crippen molar-refractivity contribution in [3.8, 4) is 0 Å². The van der Waals surface area contributed by atoms with E-state index in [9.17, 15) is 9.90 Å². The molecule has 0 aromatic heterocycles. The van der Waals surface area contributed by atoms with Crippen LogP contribution in [0.2, 0.25) is 0 Å². The van der Waals surface area contributed by atoms with Crippen molar-refractivity contribution < 1.29 is 14.6 Å². The van der Waals surface area contributed by atoms with Gasteiger partial charge in [0.15, 0.2) is 0 Å². The van der Waals surface area contributed by atoms with Gasteiger partial charge < -0.3 is 15.6 Å². The van der Waals surface area contributed by atoms with Crippen LogP contribution in [0.5, 0.6) is 0 Å². The van der Waals surface area contributed by atoms with Crippen LogP contribution in [0.15, 0.2) is 24.8 Å². The molecule has 0 heterocycles. The summed E-state index contributed by atoms with van der Waals surface area (Å²) in [5.74, 6) is -0.00993. The molecule has 0 saturated heterocycles. The molecule has 0 saturated carbocycles. The van der Waals surface area contributed by atoms with Crippen LogP contribution >= 0.6 is 0 Å². The summed E-state index contributed by atoms with van der Waals surface area (Å²) in [6, 6.07) is 0. The topological polar surface area (TPSA) is 72.5 Å². The Morgan fingerprint density at radius 3 is 2.56 bits per heavy atom. The second kappa shape index (κ2) is 8.75. The van der Waals surface area contributed by atoms with Crippen molar-refractivity contribution in [3.63, 3.8) is 0 Å². The number of carbonyl (C=O) groups is 1. The molecule has 4 heteroatoms. The molecule has 0 unspecified atom stereocenters. The van der Waals surface area contributed by atoms with Gasteiger partial charge in [0, 0.05) is 12.3 Å². The van der Waals surface area contributed by atoms with E-state index in [0.717, 1.165) is 6.42 Å². The van der Waals surface area contributed by atoms with Crippen molar-refractivity contribution >= 4 is 6.09 Å². The lowest BCUT2D eigenvalue weighted by Crippen LogP contribution is -2.37. The average Bonchev–Trinajstić information content (AvgIpc) is 2.34.